The average Bonchev–Trinajstić information content (AvgIpc) is 2.69. The maximum atomic E-state index is 12.1. The molecule has 1 aliphatic heterocycles. The lowest BCUT2D eigenvalue weighted by molar-refractivity contribution is -0.120. The third-order valence-electron chi connectivity index (χ3n) is 4.67. The second-order valence-electron chi connectivity index (χ2n) is 7.35. The van der Waals surface area contributed by atoms with Crippen LogP contribution in [0.1, 0.15) is 30.5 Å². The van der Waals surface area contributed by atoms with Crippen LogP contribution >= 0.6 is 11.8 Å². The van der Waals surface area contributed by atoms with Crippen LogP contribution < -0.4 is 5.32 Å². The molecule has 0 aliphatic carbocycles. The molecular weight excluding hydrogens is 364 g/mol. The van der Waals surface area contributed by atoms with Gasteiger partial charge in [0, 0.05) is 23.2 Å². The average molecular weight is 393 g/mol. The Labute approximate surface area is 172 Å². The molecule has 28 heavy (non-hydrogen) atoms. The van der Waals surface area contributed by atoms with Crippen LogP contribution in [0.2, 0.25) is 0 Å². The maximum absolute atomic E-state index is 12.1. The van der Waals surface area contributed by atoms with Crippen LogP contribution in [0.5, 0.6) is 0 Å². The van der Waals surface area contributed by atoms with Gasteiger partial charge in [-0.2, -0.15) is 0 Å². The van der Waals surface area contributed by atoms with Gasteiger partial charge in [0.15, 0.2) is 0 Å². The Morgan fingerprint density at radius 3 is 2.61 bits per heavy atom. The minimum atomic E-state index is 0.0189. The Hall–Kier alpha value is -2.22. The molecule has 4 heteroatoms. The number of hydrogen-bond donors (Lipinski definition) is 1. The molecule has 0 aromatic heterocycles. The topological polar surface area (TPSA) is 32.3 Å². The lowest BCUT2D eigenvalue weighted by Gasteiger charge is -2.26. The molecule has 1 amide bonds. The predicted molar refractivity (Wildman–Crippen MR) is 117 cm³/mol. The Balaban J connectivity index is 1.37. The summed E-state index contributed by atoms with van der Waals surface area (Å²) < 4.78 is 0. The molecule has 1 aliphatic rings. The quantitative estimate of drug-likeness (QED) is 0.598. The highest BCUT2D eigenvalue weighted by atomic mass is 32.2. The summed E-state index contributed by atoms with van der Waals surface area (Å²) >= 11 is 1.83. The van der Waals surface area contributed by atoms with Crippen molar-refractivity contribution in [1.82, 2.24) is 10.2 Å². The molecule has 1 heterocycles. The number of carbonyl (C=O) groups excluding carboxylic acids is 1. The monoisotopic (exact) mass is 392 g/mol. The van der Waals surface area contributed by atoms with Gasteiger partial charge in [-0.25, -0.2) is 0 Å². The fraction of sp³-hybridized carbons (Fsp3) is 0.375. The SMILES string of the molecule is CC(C)Sc1ccc(CC(=O)NCC#CCN2CCc3ccccc3C2)cc1. The Morgan fingerprint density at radius 2 is 1.86 bits per heavy atom. The zero-order valence-corrected chi connectivity index (χ0v) is 17.5. The summed E-state index contributed by atoms with van der Waals surface area (Å²) in [5, 5.41) is 3.46. The molecule has 0 unspecified atom stereocenters. The number of fused-ring (bicyclic) bond motifs is 1. The second-order valence-corrected chi connectivity index (χ2v) is 9.00. The third-order valence-corrected chi connectivity index (χ3v) is 5.69. The van der Waals surface area contributed by atoms with Crippen LogP contribution in [-0.2, 0) is 24.2 Å². The Bertz CT molecular complexity index is 849. The number of thioether (sulfide) groups is 1. The fourth-order valence-electron chi connectivity index (χ4n) is 3.27. The van der Waals surface area contributed by atoms with Gasteiger partial charge in [-0.1, -0.05) is 62.1 Å². The smallest absolute Gasteiger partial charge is 0.225 e. The molecule has 0 radical (unpaired) electrons. The first kappa shape index (κ1) is 20.5. The molecule has 2 aromatic rings. The highest BCUT2D eigenvalue weighted by molar-refractivity contribution is 7.99. The molecule has 2 aromatic carbocycles. The van der Waals surface area contributed by atoms with E-state index in [0.29, 0.717) is 18.2 Å². The number of amides is 1. The van der Waals surface area contributed by atoms with Crippen molar-refractivity contribution in [2.75, 3.05) is 19.6 Å². The van der Waals surface area contributed by atoms with Gasteiger partial charge >= 0.3 is 0 Å². The standard InChI is InChI=1S/C24H28N2OS/c1-19(2)28-23-11-9-20(10-12-23)17-24(27)25-14-5-6-15-26-16-13-21-7-3-4-8-22(21)18-26/h3-4,7-12,19H,13-18H2,1-2H3,(H,25,27). The zero-order valence-electron chi connectivity index (χ0n) is 16.7. The van der Waals surface area contributed by atoms with Crippen LogP contribution in [-0.4, -0.2) is 35.7 Å². The highest BCUT2D eigenvalue weighted by Crippen LogP contribution is 2.23. The first-order valence-corrected chi connectivity index (χ1v) is 10.8. The van der Waals surface area contributed by atoms with Crippen LogP contribution in [0.15, 0.2) is 53.4 Å². The second kappa shape index (κ2) is 10.4. The molecule has 0 spiro atoms. The summed E-state index contributed by atoms with van der Waals surface area (Å²) in [7, 11) is 0. The number of nitrogens with one attached hydrogen (secondary N) is 1. The summed E-state index contributed by atoms with van der Waals surface area (Å²) in [4.78, 5) is 15.7. The lowest BCUT2D eigenvalue weighted by atomic mass is 10.0. The van der Waals surface area contributed by atoms with Crippen LogP contribution in [0.3, 0.4) is 0 Å². The fourth-order valence-corrected chi connectivity index (χ4v) is 4.11. The van der Waals surface area contributed by atoms with Crippen molar-refractivity contribution >= 4 is 17.7 Å². The van der Waals surface area contributed by atoms with Crippen molar-refractivity contribution in [2.45, 2.75) is 43.4 Å². The number of rotatable bonds is 6. The van der Waals surface area contributed by atoms with Gasteiger partial charge in [-0.3, -0.25) is 9.69 Å². The van der Waals surface area contributed by atoms with Crippen molar-refractivity contribution in [1.29, 1.82) is 0 Å². The number of nitrogens with zero attached hydrogens (tertiary/aromatic N) is 1. The van der Waals surface area contributed by atoms with E-state index in [4.69, 9.17) is 0 Å². The highest BCUT2D eigenvalue weighted by Gasteiger charge is 2.14. The van der Waals surface area contributed by atoms with Gasteiger partial charge < -0.3 is 5.32 Å². The molecule has 0 bridgehead atoms. The van der Waals surface area contributed by atoms with E-state index in [1.807, 2.05) is 23.9 Å². The van der Waals surface area contributed by atoms with Gasteiger partial charge in [0.05, 0.1) is 19.5 Å². The molecule has 1 N–H and O–H groups in total. The van der Waals surface area contributed by atoms with E-state index in [2.05, 4.69) is 72.3 Å². The number of benzene rings is 2. The predicted octanol–water partition coefficient (Wildman–Crippen LogP) is 3.91. The maximum Gasteiger partial charge on any atom is 0.225 e. The van der Waals surface area contributed by atoms with Crippen LogP contribution in [0.25, 0.3) is 0 Å². The minimum absolute atomic E-state index is 0.0189. The third kappa shape index (κ3) is 6.44. The van der Waals surface area contributed by atoms with Crippen molar-refractivity contribution in [2.24, 2.45) is 0 Å². The van der Waals surface area contributed by atoms with Crippen molar-refractivity contribution in [3.63, 3.8) is 0 Å². The van der Waals surface area contributed by atoms with Gasteiger partial charge in [-0.15, -0.1) is 11.8 Å². The first-order chi connectivity index (χ1) is 13.6. The molecule has 146 valence electrons. The summed E-state index contributed by atoms with van der Waals surface area (Å²) in [5.41, 5.74) is 3.89. The minimum Gasteiger partial charge on any atom is -0.345 e. The molecule has 0 atom stereocenters. The number of hydrogen-bond acceptors (Lipinski definition) is 3. The molecule has 0 fully saturated rings. The summed E-state index contributed by atoms with van der Waals surface area (Å²) in [5.74, 6) is 6.29. The van der Waals surface area contributed by atoms with Gasteiger partial charge in [-0.05, 0) is 35.2 Å². The Kier molecular flexibility index (Phi) is 7.59. The van der Waals surface area contributed by atoms with Gasteiger partial charge in [0.1, 0.15) is 0 Å². The largest absolute Gasteiger partial charge is 0.345 e. The molecule has 0 saturated carbocycles. The van der Waals surface area contributed by atoms with Crippen LogP contribution in [0, 0.1) is 11.8 Å². The summed E-state index contributed by atoms with van der Waals surface area (Å²) in [6.07, 6.45) is 1.49. The van der Waals surface area contributed by atoms with E-state index in [0.717, 1.165) is 31.6 Å². The van der Waals surface area contributed by atoms with E-state index in [-0.39, 0.29) is 5.91 Å². The van der Waals surface area contributed by atoms with E-state index < -0.39 is 0 Å². The van der Waals surface area contributed by atoms with Crippen molar-refractivity contribution in [3.05, 3.63) is 65.2 Å². The normalized spacial score (nSPS) is 13.5. The van der Waals surface area contributed by atoms with Crippen molar-refractivity contribution in [3.8, 4) is 11.8 Å². The number of carbonyl (C=O) groups is 1. The summed E-state index contributed by atoms with van der Waals surface area (Å²) in [6, 6.07) is 16.9. The molecular formula is C24H28N2OS. The lowest BCUT2D eigenvalue weighted by Crippen LogP contribution is -2.31. The first-order valence-electron chi connectivity index (χ1n) is 9.87. The van der Waals surface area contributed by atoms with E-state index in [1.165, 1.54) is 16.0 Å². The van der Waals surface area contributed by atoms with Gasteiger partial charge in [0.2, 0.25) is 5.91 Å². The van der Waals surface area contributed by atoms with E-state index in [9.17, 15) is 4.79 Å². The van der Waals surface area contributed by atoms with Crippen LogP contribution in [0.4, 0.5) is 0 Å². The summed E-state index contributed by atoms with van der Waals surface area (Å²) in [6.45, 7) is 7.52. The zero-order chi connectivity index (χ0) is 19.8. The van der Waals surface area contributed by atoms with Crippen molar-refractivity contribution < 1.29 is 4.79 Å². The molecule has 0 saturated heterocycles. The molecule has 3 nitrogen and oxygen atoms in total. The Morgan fingerprint density at radius 1 is 1.11 bits per heavy atom. The van der Waals surface area contributed by atoms with E-state index >= 15 is 0 Å². The van der Waals surface area contributed by atoms with E-state index in [1.54, 1.807) is 0 Å². The van der Waals surface area contributed by atoms with Gasteiger partial charge in [0.25, 0.3) is 0 Å². The molecule has 3 rings (SSSR count).